The van der Waals surface area contributed by atoms with Crippen molar-refractivity contribution in [3.63, 3.8) is 0 Å². The van der Waals surface area contributed by atoms with Gasteiger partial charge in [-0.2, -0.15) is 0 Å². The van der Waals surface area contributed by atoms with E-state index in [9.17, 15) is 10.2 Å². The number of rotatable bonds is 1. The van der Waals surface area contributed by atoms with E-state index in [1.165, 1.54) is 0 Å². The maximum atomic E-state index is 9.20. The van der Waals surface area contributed by atoms with Crippen LogP contribution >= 0.6 is 0 Å². The van der Waals surface area contributed by atoms with Gasteiger partial charge in [0.15, 0.2) is 6.29 Å². The molecule has 12 heavy (non-hydrogen) atoms. The van der Waals surface area contributed by atoms with Crippen LogP contribution in [0.2, 0.25) is 0 Å². The highest BCUT2D eigenvalue weighted by molar-refractivity contribution is 4.90. The average molecular weight is 179 g/mol. The molecule has 0 amide bonds. The summed E-state index contributed by atoms with van der Waals surface area (Å²) in [5, 5.41) is 36.1. The molecule has 1 saturated heterocycles. The molecule has 2 unspecified atom stereocenters. The van der Waals surface area contributed by atoms with Crippen molar-refractivity contribution < 1.29 is 25.2 Å². The highest BCUT2D eigenvalue weighted by atomic mass is 16.6. The Kier molecular flexibility index (Phi) is 2.99. The molecule has 0 radical (unpaired) electrons. The third kappa shape index (κ3) is 1.58. The van der Waals surface area contributed by atoms with E-state index >= 15 is 0 Å². The Bertz CT molecular complexity index is 150. The summed E-state index contributed by atoms with van der Waals surface area (Å²) < 4.78 is 4.70. The maximum absolute atomic E-state index is 9.20. The Morgan fingerprint density at radius 1 is 1.17 bits per heavy atom. The normalized spacial score (nSPS) is 49.2. The molecule has 6 N–H and O–H groups in total. The monoisotopic (exact) mass is 179 g/mol. The second-order valence-electron chi connectivity index (χ2n) is 2.81. The van der Waals surface area contributed by atoms with Crippen LogP contribution in [0.1, 0.15) is 0 Å². The van der Waals surface area contributed by atoms with Gasteiger partial charge >= 0.3 is 0 Å². The predicted molar refractivity (Wildman–Crippen MR) is 38.0 cm³/mol. The number of hydrogen-bond donors (Lipinski definition) is 5. The summed E-state index contributed by atoms with van der Waals surface area (Å²) in [6, 6.07) is -1.04. The van der Waals surface area contributed by atoms with Crippen molar-refractivity contribution in [2.45, 2.75) is 30.6 Å². The minimum Gasteiger partial charge on any atom is -0.394 e. The Hall–Kier alpha value is -0.240. The smallest absolute Gasteiger partial charge is 0.173 e. The van der Waals surface area contributed by atoms with Crippen LogP contribution in [-0.2, 0) is 4.74 Å². The van der Waals surface area contributed by atoms with E-state index in [-0.39, 0.29) is 0 Å². The first-order valence-electron chi connectivity index (χ1n) is 3.64. The zero-order valence-electron chi connectivity index (χ0n) is 6.37. The van der Waals surface area contributed by atoms with Gasteiger partial charge < -0.3 is 30.9 Å². The predicted octanol–water partition coefficient (Wildman–Crippen LogP) is -3.25. The molecule has 0 bridgehead atoms. The van der Waals surface area contributed by atoms with Crippen molar-refractivity contribution >= 4 is 0 Å². The SMILES string of the molecule is N[C@H]1C(O)O[C@H](CO)C(O)[C@@H]1O. The van der Waals surface area contributed by atoms with Crippen LogP contribution in [0.15, 0.2) is 0 Å². The van der Waals surface area contributed by atoms with Crippen LogP contribution in [0.3, 0.4) is 0 Å². The van der Waals surface area contributed by atoms with Crippen LogP contribution in [0, 0.1) is 0 Å². The van der Waals surface area contributed by atoms with Crippen molar-refractivity contribution in [2.75, 3.05) is 6.61 Å². The first-order chi connectivity index (χ1) is 5.57. The van der Waals surface area contributed by atoms with Gasteiger partial charge in [0, 0.05) is 0 Å². The highest BCUT2D eigenvalue weighted by Gasteiger charge is 2.41. The fourth-order valence-corrected chi connectivity index (χ4v) is 1.12. The molecule has 0 aromatic heterocycles. The molecule has 1 aliphatic heterocycles. The van der Waals surface area contributed by atoms with Crippen LogP contribution in [0.4, 0.5) is 0 Å². The quantitative estimate of drug-likeness (QED) is 0.288. The zero-order valence-corrected chi connectivity index (χ0v) is 6.37. The molecular formula is C6H13NO5. The maximum Gasteiger partial charge on any atom is 0.173 e. The molecule has 6 heteroatoms. The molecule has 0 saturated carbocycles. The molecule has 1 aliphatic rings. The molecular weight excluding hydrogens is 166 g/mol. The lowest BCUT2D eigenvalue weighted by molar-refractivity contribution is -0.248. The van der Waals surface area contributed by atoms with Gasteiger partial charge in [0.05, 0.1) is 12.6 Å². The zero-order chi connectivity index (χ0) is 9.30. The second-order valence-corrected chi connectivity index (χ2v) is 2.81. The molecule has 1 fully saturated rings. The standard InChI is InChI=1S/C6H13NO5/c7-3-5(10)4(9)2(1-8)12-6(3)11/h2-6,8-11H,1,7H2/t2-,3-,4?,5-,6?/m1/s1. The third-order valence-electron chi connectivity index (χ3n) is 1.95. The Morgan fingerprint density at radius 2 is 1.75 bits per heavy atom. The molecule has 0 aliphatic carbocycles. The second kappa shape index (κ2) is 3.65. The van der Waals surface area contributed by atoms with Crippen molar-refractivity contribution in [3.05, 3.63) is 0 Å². The summed E-state index contributed by atoms with van der Waals surface area (Å²) in [6.45, 7) is -0.470. The van der Waals surface area contributed by atoms with Crippen LogP contribution in [0.5, 0.6) is 0 Å². The molecule has 0 aromatic carbocycles. The lowest BCUT2D eigenvalue weighted by Crippen LogP contribution is -2.61. The third-order valence-corrected chi connectivity index (χ3v) is 1.95. The topological polar surface area (TPSA) is 116 Å². The molecule has 5 atom stereocenters. The van der Waals surface area contributed by atoms with Crippen molar-refractivity contribution in [2.24, 2.45) is 5.73 Å². The summed E-state index contributed by atoms with van der Waals surface area (Å²) in [7, 11) is 0. The largest absolute Gasteiger partial charge is 0.394 e. The van der Waals surface area contributed by atoms with Crippen LogP contribution in [-0.4, -0.2) is 57.7 Å². The van der Waals surface area contributed by atoms with E-state index in [1.54, 1.807) is 0 Å². The highest BCUT2D eigenvalue weighted by Crippen LogP contribution is 2.17. The molecule has 1 heterocycles. The van der Waals surface area contributed by atoms with Crippen LogP contribution in [0.25, 0.3) is 0 Å². The lowest BCUT2D eigenvalue weighted by Gasteiger charge is -2.38. The fourth-order valence-electron chi connectivity index (χ4n) is 1.12. The minimum atomic E-state index is -1.35. The van der Waals surface area contributed by atoms with Crippen molar-refractivity contribution in [1.29, 1.82) is 0 Å². The summed E-state index contributed by atoms with van der Waals surface area (Å²) in [4.78, 5) is 0. The summed E-state index contributed by atoms with van der Waals surface area (Å²) in [6.07, 6.45) is -4.85. The Morgan fingerprint density at radius 3 is 2.25 bits per heavy atom. The Labute approximate surface area is 69.2 Å². The molecule has 1 rings (SSSR count). The van der Waals surface area contributed by atoms with E-state index in [0.29, 0.717) is 0 Å². The van der Waals surface area contributed by atoms with Gasteiger partial charge in [-0.05, 0) is 0 Å². The minimum absolute atomic E-state index is 0.470. The molecule has 72 valence electrons. The summed E-state index contributed by atoms with van der Waals surface area (Å²) in [5.74, 6) is 0. The van der Waals surface area contributed by atoms with Gasteiger partial charge in [0.2, 0.25) is 0 Å². The number of nitrogens with two attached hydrogens (primary N) is 1. The lowest BCUT2D eigenvalue weighted by atomic mass is 9.98. The van der Waals surface area contributed by atoms with Gasteiger partial charge in [-0.15, -0.1) is 0 Å². The van der Waals surface area contributed by atoms with E-state index in [1.807, 2.05) is 0 Å². The summed E-state index contributed by atoms with van der Waals surface area (Å²) >= 11 is 0. The number of ether oxygens (including phenoxy) is 1. The average Bonchev–Trinajstić information content (AvgIpc) is 2.08. The van der Waals surface area contributed by atoms with Gasteiger partial charge in [-0.1, -0.05) is 0 Å². The first-order valence-corrected chi connectivity index (χ1v) is 3.64. The van der Waals surface area contributed by atoms with Gasteiger partial charge in [0.25, 0.3) is 0 Å². The van der Waals surface area contributed by atoms with Gasteiger partial charge in [0.1, 0.15) is 18.3 Å². The van der Waals surface area contributed by atoms with E-state index in [2.05, 4.69) is 0 Å². The molecule has 6 nitrogen and oxygen atoms in total. The number of hydrogen-bond acceptors (Lipinski definition) is 6. The number of aliphatic hydroxyl groups is 4. The van der Waals surface area contributed by atoms with Crippen molar-refractivity contribution in [1.82, 2.24) is 0 Å². The van der Waals surface area contributed by atoms with Gasteiger partial charge in [-0.25, -0.2) is 0 Å². The number of aliphatic hydroxyl groups excluding tert-OH is 4. The molecule has 0 aromatic rings. The summed E-state index contributed by atoms with van der Waals surface area (Å²) in [5.41, 5.74) is 5.26. The van der Waals surface area contributed by atoms with Gasteiger partial charge in [-0.3, -0.25) is 0 Å². The van der Waals surface area contributed by atoms with Crippen LogP contribution < -0.4 is 5.73 Å². The fraction of sp³-hybridized carbons (Fsp3) is 1.00. The van der Waals surface area contributed by atoms with E-state index in [0.717, 1.165) is 0 Å². The Balaban J connectivity index is 2.63. The van der Waals surface area contributed by atoms with E-state index < -0.39 is 37.3 Å². The van der Waals surface area contributed by atoms with Crippen molar-refractivity contribution in [3.8, 4) is 0 Å². The molecule has 0 spiro atoms. The first kappa shape index (κ1) is 9.85. The van der Waals surface area contributed by atoms with E-state index in [4.69, 9.17) is 20.7 Å².